The van der Waals surface area contributed by atoms with Crippen LogP contribution in [0.25, 0.3) is 0 Å². The SMILES string of the molecule is CCCCCCCCCCCCCCC(O)N1CCCC1. The summed E-state index contributed by atoms with van der Waals surface area (Å²) >= 11 is 0. The summed E-state index contributed by atoms with van der Waals surface area (Å²) in [4.78, 5) is 2.25. The summed E-state index contributed by atoms with van der Waals surface area (Å²) in [5, 5.41) is 10.0. The number of likely N-dealkylation sites (tertiary alicyclic amines) is 1. The Morgan fingerprint density at radius 1 is 0.714 bits per heavy atom. The molecule has 1 atom stereocenters. The van der Waals surface area contributed by atoms with Gasteiger partial charge >= 0.3 is 0 Å². The van der Waals surface area contributed by atoms with Crippen LogP contribution in [0.3, 0.4) is 0 Å². The van der Waals surface area contributed by atoms with Crippen molar-refractivity contribution in [1.82, 2.24) is 4.90 Å². The van der Waals surface area contributed by atoms with Crippen LogP contribution in [0.15, 0.2) is 0 Å². The molecule has 1 fully saturated rings. The molecule has 1 heterocycles. The quantitative estimate of drug-likeness (QED) is 0.428. The summed E-state index contributed by atoms with van der Waals surface area (Å²) in [5.41, 5.74) is 0. The van der Waals surface area contributed by atoms with Gasteiger partial charge in [0.05, 0.1) is 0 Å². The van der Waals surface area contributed by atoms with Crippen molar-refractivity contribution in [3.63, 3.8) is 0 Å². The topological polar surface area (TPSA) is 23.5 Å². The van der Waals surface area contributed by atoms with Crippen molar-refractivity contribution < 1.29 is 5.11 Å². The van der Waals surface area contributed by atoms with Gasteiger partial charge in [-0.3, -0.25) is 4.90 Å². The second-order valence-electron chi connectivity index (χ2n) is 6.90. The molecule has 1 rings (SSSR count). The first-order valence-corrected chi connectivity index (χ1v) is 9.76. The van der Waals surface area contributed by atoms with Gasteiger partial charge in [0.15, 0.2) is 0 Å². The smallest absolute Gasteiger partial charge is 0.107 e. The van der Waals surface area contributed by atoms with Crippen molar-refractivity contribution in [2.75, 3.05) is 13.1 Å². The Labute approximate surface area is 133 Å². The molecule has 1 saturated heterocycles. The zero-order valence-electron chi connectivity index (χ0n) is 14.5. The summed E-state index contributed by atoms with van der Waals surface area (Å²) in [6, 6.07) is 0. The zero-order chi connectivity index (χ0) is 15.2. The van der Waals surface area contributed by atoms with Crippen LogP contribution in [0.4, 0.5) is 0 Å². The molecule has 1 N–H and O–H groups in total. The van der Waals surface area contributed by atoms with Gasteiger partial charge in [-0.1, -0.05) is 77.6 Å². The maximum atomic E-state index is 10.0. The summed E-state index contributed by atoms with van der Waals surface area (Å²) in [6.07, 6.45) is 20.0. The van der Waals surface area contributed by atoms with Crippen LogP contribution in [0.5, 0.6) is 0 Å². The Kier molecular flexibility index (Phi) is 12.3. The summed E-state index contributed by atoms with van der Waals surface area (Å²) in [5.74, 6) is 0. The van der Waals surface area contributed by atoms with Crippen LogP contribution in [0.1, 0.15) is 103 Å². The lowest BCUT2D eigenvalue weighted by atomic mass is 10.0. The minimum atomic E-state index is -0.157. The molecule has 1 aliphatic heterocycles. The number of aliphatic hydroxyl groups excluding tert-OH is 1. The number of aliphatic hydroxyl groups is 1. The molecule has 2 heteroatoms. The van der Waals surface area contributed by atoms with E-state index in [4.69, 9.17) is 0 Å². The van der Waals surface area contributed by atoms with Crippen molar-refractivity contribution >= 4 is 0 Å². The molecular formula is C19H39NO. The monoisotopic (exact) mass is 297 g/mol. The largest absolute Gasteiger partial charge is 0.378 e. The number of unbranched alkanes of at least 4 members (excludes halogenated alkanes) is 11. The molecule has 0 radical (unpaired) electrons. The maximum absolute atomic E-state index is 10.0. The molecule has 0 spiro atoms. The minimum absolute atomic E-state index is 0.157. The van der Waals surface area contributed by atoms with Gasteiger partial charge in [0.1, 0.15) is 6.23 Å². The lowest BCUT2D eigenvalue weighted by Gasteiger charge is -2.22. The fraction of sp³-hybridized carbons (Fsp3) is 1.00. The van der Waals surface area contributed by atoms with Gasteiger partial charge in [-0.2, -0.15) is 0 Å². The van der Waals surface area contributed by atoms with E-state index in [2.05, 4.69) is 11.8 Å². The van der Waals surface area contributed by atoms with Crippen molar-refractivity contribution in [1.29, 1.82) is 0 Å². The molecule has 0 amide bonds. The molecule has 1 unspecified atom stereocenters. The van der Waals surface area contributed by atoms with E-state index in [0.717, 1.165) is 19.5 Å². The fourth-order valence-electron chi connectivity index (χ4n) is 3.39. The molecule has 1 aliphatic rings. The van der Waals surface area contributed by atoms with E-state index in [1.54, 1.807) is 0 Å². The Morgan fingerprint density at radius 2 is 1.14 bits per heavy atom. The molecule has 0 saturated carbocycles. The van der Waals surface area contributed by atoms with Gasteiger partial charge in [0, 0.05) is 13.1 Å². The minimum Gasteiger partial charge on any atom is -0.378 e. The van der Waals surface area contributed by atoms with E-state index in [-0.39, 0.29) is 6.23 Å². The van der Waals surface area contributed by atoms with Crippen LogP contribution < -0.4 is 0 Å². The first-order chi connectivity index (χ1) is 10.3. The highest BCUT2D eigenvalue weighted by molar-refractivity contribution is 4.68. The van der Waals surface area contributed by atoms with Crippen molar-refractivity contribution in [2.24, 2.45) is 0 Å². The van der Waals surface area contributed by atoms with Crippen molar-refractivity contribution in [3.05, 3.63) is 0 Å². The maximum Gasteiger partial charge on any atom is 0.107 e. The predicted octanol–water partition coefficient (Wildman–Crippen LogP) is 5.49. The standard InChI is InChI=1S/C19H39NO/c1-2-3-4-5-6-7-8-9-10-11-12-13-16-19(21)20-17-14-15-18-20/h19,21H,2-18H2,1H3. The predicted molar refractivity (Wildman–Crippen MR) is 92.5 cm³/mol. The third-order valence-electron chi connectivity index (χ3n) is 4.88. The van der Waals surface area contributed by atoms with Crippen LogP contribution in [-0.4, -0.2) is 29.3 Å². The van der Waals surface area contributed by atoms with E-state index in [1.807, 2.05) is 0 Å². The summed E-state index contributed by atoms with van der Waals surface area (Å²) in [7, 11) is 0. The van der Waals surface area contributed by atoms with E-state index < -0.39 is 0 Å². The Hall–Kier alpha value is -0.0800. The Bertz CT molecular complexity index is 214. The molecule has 21 heavy (non-hydrogen) atoms. The highest BCUT2D eigenvalue weighted by Crippen LogP contribution is 2.16. The average Bonchev–Trinajstić information content (AvgIpc) is 3.02. The lowest BCUT2D eigenvalue weighted by molar-refractivity contribution is 0.0121. The normalized spacial score (nSPS) is 17.4. The zero-order valence-corrected chi connectivity index (χ0v) is 14.5. The van der Waals surface area contributed by atoms with E-state index >= 15 is 0 Å². The van der Waals surface area contributed by atoms with Crippen LogP contribution in [0.2, 0.25) is 0 Å². The molecule has 126 valence electrons. The highest BCUT2D eigenvalue weighted by atomic mass is 16.3. The van der Waals surface area contributed by atoms with Crippen LogP contribution >= 0.6 is 0 Å². The second kappa shape index (κ2) is 13.6. The number of rotatable bonds is 14. The second-order valence-corrected chi connectivity index (χ2v) is 6.90. The third-order valence-corrected chi connectivity index (χ3v) is 4.88. The molecule has 2 nitrogen and oxygen atoms in total. The molecule has 0 aromatic carbocycles. The van der Waals surface area contributed by atoms with Crippen molar-refractivity contribution in [3.8, 4) is 0 Å². The van der Waals surface area contributed by atoms with E-state index in [0.29, 0.717) is 0 Å². The van der Waals surface area contributed by atoms with Gasteiger partial charge in [-0.25, -0.2) is 0 Å². The van der Waals surface area contributed by atoms with Gasteiger partial charge in [0.2, 0.25) is 0 Å². The fourth-order valence-corrected chi connectivity index (χ4v) is 3.39. The number of nitrogens with zero attached hydrogens (tertiary/aromatic N) is 1. The van der Waals surface area contributed by atoms with Crippen LogP contribution in [-0.2, 0) is 0 Å². The number of hydrogen-bond acceptors (Lipinski definition) is 2. The molecular weight excluding hydrogens is 258 g/mol. The summed E-state index contributed by atoms with van der Waals surface area (Å²) < 4.78 is 0. The third kappa shape index (κ3) is 10.3. The lowest BCUT2D eigenvalue weighted by Crippen LogP contribution is -2.32. The van der Waals surface area contributed by atoms with Crippen molar-refractivity contribution in [2.45, 2.75) is 109 Å². The Morgan fingerprint density at radius 3 is 1.62 bits per heavy atom. The first kappa shape index (κ1) is 19.0. The van der Waals surface area contributed by atoms with E-state index in [9.17, 15) is 5.11 Å². The first-order valence-electron chi connectivity index (χ1n) is 9.76. The van der Waals surface area contributed by atoms with Gasteiger partial charge in [-0.15, -0.1) is 0 Å². The highest BCUT2D eigenvalue weighted by Gasteiger charge is 2.18. The van der Waals surface area contributed by atoms with Gasteiger partial charge in [-0.05, 0) is 25.7 Å². The molecule has 0 aliphatic carbocycles. The van der Waals surface area contributed by atoms with E-state index in [1.165, 1.54) is 89.9 Å². The number of hydrogen-bond donors (Lipinski definition) is 1. The Balaban J connectivity index is 1.74. The molecule has 0 bridgehead atoms. The van der Waals surface area contributed by atoms with Crippen LogP contribution in [0, 0.1) is 0 Å². The van der Waals surface area contributed by atoms with Gasteiger partial charge < -0.3 is 5.11 Å². The average molecular weight is 298 g/mol. The summed E-state index contributed by atoms with van der Waals surface area (Å²) in [6.45, 7) is 4.50. The molecule has 0 aromatic rings. The van der Waals surface area contributed by atoms with Gasteiger partial charge in [0.25, 0.3) is 0 Å². The molecule has 0 aromatic heterocycles.